The highest BCUT2D eigenvalue weighted by molar-refractivity contribution is 5.97. The second kappa shape index (κ2) is 6.63. The lowest BCUT2D eigenvalue weighted by Gasteiger charge is -2.04. The van der Waals surface area contributed by atoms with Crippen molar-refractivity contribution < 1.29 is 9.32 Å². The third-order valence-corrected chi connectivity index (χ3v) is 3.62. The van der Waals surface area contributed by atoms with E-state index < -0.39 is 17.0 Å². The summed E-state index contributed by atoms with van der Waals surface area (Å²) in [5, 5.41) is 6.39. The minimum atomic E-state index is -0.790. The standard InChI is InChI=1S/C16H11N7O4/c24-14(8-2-3-9-10(6-8)21-16(26)15(25)20-9)19-7-11-22-13(23-27-11)12-17-4-1-5-18-12/h1-6H,7H2,(H,19,24)(H,20,25)(H,21,26). The van der Waals surface area contributed by atoms with Crippen LogP contribution >= 0.6 is 0 Å². The molecule has 0 atom stereocenters. The molecular formula is C16H11N7O4. The first kappa shape index (κ1) is 16.3. The van der Waals surface area contributed by atoms with Crippen LogP contribution in [0.5, 0.6) is 0 Å². The van der Waals surface area contributed by atoms with Gasteiger partial charge in [0.05, 0.1) is 17.6 Å². The summed E-state index contributed by atoms with van der Waals surface area (Å²) in [6.45, 7) is -0.00114. The maximum absolute atomic E-state index is 12.3. The van der Waals surface area contributed by atoms with Gasteiger partial charge in [-0.15, -0.1) is 0 Å². The molecule has 27 heavy (non-hydrogen) atoms. The quantitative estimate of drug-likeness (QED) is 0.426. The van der Waals surface area contributed by atoms with Crippen molar-refractivity contribution in [3.8, 4) is 11.6 Å². The molecule has 134 valence electrons. The van der Waals surface area contributed by atoms with Gasteiger partial charge in [0.25, 0.3) is 5.91 Å². The maximum Gasteiger partial charge on any atom is 0.314 e. The van der Waals surface area contributed by atoms with Crippen LogP contribution in [0, 0.1) is 0 Å². The Morgan fingerprint density at radius 3 is 2.56 bits per heavy atom. The molecule has 0 saturated carbocycles. The van der Waals surface area contributed by atoms with Gasteiger partial charge in [-0.3, -0.25) is 14.4 Å². The fourth-order valence-electron chi connectivity index (χ4n) is 2.35. The molecule has 1 amide bonds. The molecule has 0 aliphatic carbocycles. The van der Waals surface area contributed by atoms with Crippen LogP contribution in [0.15, 0.2) is 50.8 Å². The number of nitrogens with one attached hydrogen (secondary N) is 3. The van der Waals surface area contributed by atoms with Crippen LogP contribution in [0.1, 0.15) is 16.2 Å². The number of aromatic amines is 2. The van der Waals surface area contributed by atoms with Crippen molar-refractivity contribution in [2.24, 2.45) is 0 Å². The average Bonchev–Trinajstić information content (AvgIpc) is 3.16. The van der Waals surface area contributed by atoms with Crippen LogP contribution in [-0.2, 0) is 6.54 Å². The number of hydrogen-bond acceptors (Lipinski definition) is 8. The third-order valence-electron chi connectivity index (χ3n) is 3.62. The second-order valence-corrected chi connectivity index (χ2v) is 5.44. The minimum absolute atomic E-state index is 0.00114. The van der Waals surface area contributed by atoms with E-state index in [0.29, 0.717) is 16.9 Å². The number of fused-ring (bicyclic) bond motifs is 1. The molecule has 0 radical (unpaired) electrons. The Kier molecular flexibility index (Phi) is 4.01. The number of nitrogens with zero attached hydrogens (tertiary/aromatic N) is 4. The lowest BCUT2D eigenvalue weighted by atomic mass is 10.2. The third kappa shape index (κ3) is 3.33. The SMILES string of the molecule is O=C(NCc1nc(-c2ncccn2)no1)c1ccc2[nH]c(=O)c(=O)[nH]c2c1. The Morgan fingerprint density at radius 1 is 1.04 bits per heavy atom. The number of aromatic nitrogens is 6. The molecule has 4 rings (SSSR count). The minimum Gasteiger partial charge on any atom is -0.343 e. The Morgan fingerprint density at radius 2 is 1.78 bits per heavy atom. The smallest absolute Gasteiger partial charge is 0.314 e. The summed E-state index contributed by atoms with van der Waals surface area (Å²) >= 11 is 0. The van der Waals surface area contributed by atoms with Gasteiger partial charge in [0.15, 0.2) is 0 Å². The van der Waals surface area contributed by atoms with Gasteiger partial charge in [-0.25, -0.2) is 9.97 Å². The number of H-pyrrole nitrogens is 2. The van der Waals surface area contributed by atoms with Gasteiger partial charge in [0.1, 0.15) is 0 Å². The maximum atomic E-state index is 12.3. The van der Waals surface area contributed by atoms with Gasteiger partial charge in [-0.2, -0.15) is 4.98 Å². The fourth-order valence-corrected chi connectivity index (χ4v) is 2.35. The molecule has 3 heterocycles. The van der Waals surface area contributed by atoms with Crippen LogP contribution in [0.4, 0.5) is 0 Å². The molecule has 1 aromatic carbocycles. The Balaban J connectivity index is 1.49. The van der Waals surface area contributed by atoms with Crippen LogP contribution in [-0.4, -0.2) is 36.0 Å². The molecule has 11 nitrogen and oxygen atoms in total. The van der Waals surface area contributed by atoms with E-state index in [1.54, 1.807) is 18.5 Å². The predicted octanol–water partition coefficient (Wildman–Crippen LogP) is -0.0136. The van der Waals surface area contributed by atoms with Crippen molar-refractivity contribution in [2.45, 2.75) is 6.54 Å². The molecule has 0 bridgehead atoms. The van der Waals surface area contributed by atoms with Gasteiger partial charge in [0.2, 0.25) is 17.5 Å². The summed E-state index contributed by atoms with van der Waals surface area (Å²) in [5.41, 5.74) is -0.499. The zero-order valence-corrected chi connectivity index (χ0v) is 13.6. The summed E-state index contributed by atoms with van der Waals surface area (Å²) < 4.78 is 5.06. The molecule has 0 saturated heterocycles. The highest BCUT2D eigenvalue weighted by Gasteiger charge is 2.13. The van der Waals surface area contributed by atoms with E-state index in [1.165, 1.54) is 18.2 Å². The second-order valence-electron chi connectivity index (χ2n) is 5.44. The van der Waals surface area contributed by atoms with Crippen molar-refractivity contribution >= 4 is 16.9 Å². The summed E-state index contributed by atoms with van der Waals surface area (Å²) in [4.78, 5) is 52.0. The van der Waals surface area contributed by atoms with E-state index in [-0.39, 0.29) is 23.8 Å². The summed E-state index contributed by atoms with van der Waals surface area (Å²) in [6, 6.07) is 6.16. The molecule has 4 aromatic rings. The Labute approximate surface area is 149 Å². The normalized spacial score (nSPS) is 10.8. The van der Waals surface area contributed by atoms with Crippen molar-refractivity contribution in [1.29, 1.82) is 0 Å². The summed E-state index contributed by atoms with van der Waals surface area (Å²) in [6.07, 6.45) is 3.11. The number of rotatable bonds is 4. The summed E-state index contributed by atoms with van der Waals surface area (Å²) in [7, 11) is 0. The Hall–Kier alpha value is -4.15. The van der Waals surface area contributed by atoms with Gasteiger partial charge in [-0.1, -0.05) is 5.16 Å². The van der Waals surface area contributed by atoms with Gasteiger partial charge in [-0.05, 0) is 24.3 Å². The number of benzene rings is 1. The van der Waals surface area contributed by atoms with Crippen molar-refractivity contribution in [3.05, 3.63) is 68.8 Å². The van der Waals surface area contributed by atoms with Gasteiger partial charge in [0, 0.05) is 18.0 Å². The van der Waals surface area contributed by atoms with Crippen LogP contribution in [0.2, 0.25) is 0 Å². The van der Waals surface area contributed by atoms with Gasteiger partial charge >= 0.3 is 11.1 Å². The lowest BCUT2D eigenvalue weighted by Crippen LogP contribution is -2.29. The first-order valence-corrected chi connectivity index (χ1v) is 7.75. The molecule has 0 aliphatic rings. The lowest BCUT2D eigenvalue weighted by molar-refractivity contribution is 0.0946. The van der Waals surface area contributed by atoms with E-state index in [1.807, 2.05) is 0 Å². The van der Waals surface area contributed by atoms with Crippen molar-refractivity contribution in [2.75, 3.05) is 0 Å². The van der Waals surface area contributed by atoms with E-state index in [2.05, 4.69) is 35.4 Å². The van der Waals surface area contributed by atoms with Crippen LogP contribution < -0.4 is 16.4 Å². The molecule has 3 aromatic heterocycles. The van der Waals surface area contributed by atoms with E-state index in [4.69, 9.17) is 4.52 Å². The molecule has 0 aliphatic heterocycles. The fraction of sp³-hybridized carbons (Fsp3) is 0.0625. The zero-order chi connectivity index (χ0) is 18.8. The van der Waals surface area contributed by atoms with Gasteiger partial charge < -0.3 is 19.8 Å². The van der Waals surface area contributed by atoms with Crippen LogP contribution in [0.25, 0.3) is 22.7 Å². The van der Waals surface area contributed by atoms with E-state index in [0.717, 1.165) is 0 Å². The first-order chi connectivity index (χ1) is 13.1. The molecule has 11 heteroatoms. The highest BCUT2D eigenvalue weighted by Crippen LogP contribution is 2.11. The molecule has 0 spiro atoms. The monoisotopic (exact) mass is 365 g/mol. The van der Waals surface area contributed by atoms with E-state index >= 15 is 0 Å². The van der Waals surface area contributed by atoms with Crippen molar-refractivity contribution in [3.63, 3.8) is 0 Å². The zero-order valence-electron chi connectivity index (χ0n) is 13.6. The summed E-state index contributed by atoms with van der Waals surface area (Å²) in [5.74, 6) is 0.294. The first-order valence-electron chi connectivity index (χ1n) is 7.75. The molecule has 0 unspecified atom stereocenters. The topological polar surface area (TPSA) is 160 Å². The molecule has 3 N–H and O–H groups in total. The largest absolute Gasteiger partial charge is 0.343 e. The molecule has 0 fully saturated rings. The van der Waals surface area contributed by atoms with Crippen LogP contribution in [0.3, 0.4) is 0 Å². The number of hydrogen-bond donors (Lipinski definition) is 3. The molecular weight excluding hydrogens is 354 g/mol. The number of amides is 1. The predicted molar refractivity (Wildman–Crippen MR) is 91.7 cm³/mol. The van der Waals surface area contributed by atoms with E-state index in [9.17, 15) is 14.4 Å². The average molecular weight is 365 g/mol. The number of carbonyl (C=O) groups is 1. The Bertz CT molecular complexity index is 1240. The number of carbonyl (C=O) groups excluding carboxylic acids is 1. The van der Waals surface area contributed by atoms with Crippen molar-refractivity contribution in [1.82, 2.24) is 35.4 Å². The highest BCUT2D eigenvalue weighted by atomic mass is 16.5.